The second-order valence-electron chi connectivity index (χ2n) is 7.41. The first-order chi connectivity index (χ1) is 15.9. The molecular weight excluding hydrogens is 490 g/mol. The quantitative estimate of drug-likeness (QED) is 0.252. The normalized spacial score (nSPS) is 12.6. The molecule has 4 aromatic rings. The molecule has 0 spiro atoms. The lowest BCUT2D eigenvalue weighted by Crippen LogP contribution is -1.94. The van der Waals surface area contributed by atoms with E-state index in [1.54, 1.807) is 0 Å². The maximum Gasteiger partial charge on any atom is 0.217 e. The van der Waals surface area contributed by atoms with Crippen LogP contribution in [0.15, 0.2) is 102 Å². The predicted molar refractivity (Wildman–Crippen MR) is 144 cm³/mol. The molecule has 1 heterocycles. The molecule has 3 aromatic carbocycles. The van der Waals surface area contributed by atoms with Gasteiger partial charge in [0.2, 0.25) is 7.29 Å². The van der Waals surface area contributed by atoms with E-state index in [1.807, 2.05) is 97.2 Å². The highest BCUT2D eigenvalue weighted by molar-refractivity contribution is 7.72. The fourth-order valence-corrected chi connectivity index (χ4v) is 6.96. The van der Waals surface area contributed by atoms with Gasteiger partial charge < -0.3 is 5.09 Å². The van der Waals surface area contributed by atoms with E-state index in [-0.39, 0.29) is 0 Å². The zero-order valence-electron chi connectivity index (χ0n) is 17.8. The van der Waals surface area contributed by atoms with Gasteiger partial charge in [-0.3, -0.25) is 4.57 Å². The number of anilines is 1. The molecule has 0 saturated carbocycles. The van der Waals surface area contributed by atoms with E-state index in [4.69, 9.17) is 23.2 Å². The number of thiazole rings is 1. The van der Waals surface area contributed by atoms with Crippen LogP contribution >= 0.6 is 41.8 Å². The molecule has 0 aliphatic heterocycles. The van der Waals surface area contributed by atoms with Crippen LogP contribution in [0.5, 0.6) is 0 Å². The SMILES string of the molecule is Cc1ccc(-c2csc(NP(=O)(/C=C(/Cl)c3ccccc3)/C=C(/Cl)c3ccccc3)n2)cc1. The summed E-state index contributed by atoms with van der Waals surface area (Å²) in [5, 5.41) is 6.30. The molecule has 0 bridgehead atoms. The van der Waals surface area contributed by atoms with Crippen molar-refractivity contribution >= 4 is 57.0 Å². The number of benzene rings is 3. The molecule has 4 rings (SSSR count). The van der Waals surface area contributed by atoms with Crippen molar-refractivity contribution in [1.29, 1.82) is 0 Å². The summed E-state index contributed by atoms with van der Waals surface area (Å²) >= 11 is 14.5. The van der Waals surface area contributed by atoms with E-state index in [2.05, 4.69) is 10.1 Å². The van der Waals surface area contributed by atoms with Gasteiger partial charge in [-0.05, 0) is 18.1 Å². The highest BCUT2D eigenvalue weighted by atomic mass is 35.5. The third-order valence-electron chi connectivity index (χ3n) is 4.83. The van der Waals surface area contributed by atoms with E-state index < -0.39 is 7.29 Å². The van der Waals surface area contributed by atoms with Crippen LogP contribution in [0.4, 0.5) is 5.13 Å². The molecule has 1 aromatic heterocycles. The van der Waals surface area contributed by atoms with Crippen molar-refractivity contribution in [2.45, 2.75) is 6.92 Å². The van der Waals surface area contributed by atoms with E-state index >= 15 is 0 Å². The summed E-state index contributed by atoms with van der Waals surface area (Å²) in [7, 11) is -3.36. The number of aryl methyl sites for hydroxylation is 1. The van der Waals surface area contributed by atoms with Crippen molar-refractivity contribution in [3.05, 3.63) is 119 Å². The van der Waals surface area contributed by atoms with Gasteiger partial charge in [-0.1, -0.05) is 114 Å². The van der Waals surface area contributed by atoms with E-state index in [9.17, 15) is 4.57 Å². The van der Waals surface area contributed by atoms with Gasteiger partial charge in [-0.15, -0.1) is 11.3 Å². The Morgan fingerprint density at radius 2 is 1.36 bits per heavy atom. The molecular formula is C26H21Cl2N2OPS. The number of rotatable bonds is 7. The van der Waals surface area contributed by atoms with Crippen molar-refractivity contribution < 1.29 is 4.57 Å². The summed E-state index contributed by atoms with van der Waals surface area (Å²) in [6.07, 6.45) is 0. The van der Waals surface area contributed by atoms with Crippen LogP contribution in [-0.4, -0.2) is 4.98 Å². The Bertz CT molecular complexity index is 1270. The molecule has 0 fully saturated rings. The van der Waals surface area contributed by atoms with Crippen molar-refractivity contribution in [3.63, 3.8) is 0 Å². The van der Waals surface area contributed by atoms with Gasteiger partial charge in [-0.25, -0.2) is 4.98 Å². The molecule has 7 heteroatoms. The maximum absolute atomic E-state index is 14.1. The average molecular weight is 511 g/mol. The highest BCUT2D eigenvalue weighted by Gasteiger charge is 2.21. The number of nitrogens with zero attached hydrogens (tertiary/aromatic N) is 1. The Balaban J connectivity index is 1.70. The zero-order valence-corrected chi connectivity index (χ0v) is 21.0. The lowest BCUT2D eigenvalue weighted by atomic mass is 10.1. The number of hydrogen-bond donors (Lipinski definition) is 1. The second kappa shape index (κ2) is 10.5. The van der Waals surface area contributed by atoms with Crippen LogP contribution in [-0.2, 0) is 4.57 Å². The van der Waals surface area contributed by atoms with Gasteiger partial charge in [0.05, 0.1) is 15.8 Å². The molecule has 1 N–H and O–H groups in total. The van der Waals surface area contributed by atoms with Gasteiger partial charge in [0.25, 0.3) is 0 Å². The third-order valence-corrected chi connectivity index (χ3v) is 8.54. The summed E-state index contributed by atoms with van der Waals surface area (Å²) in [4.78, 5) is 4.65. The minimum atomic E-state index is -3.36. The van der Waals surface area contributed by atoms with Crippen molar-refractivity contribution in [1.82, 2.24) is 4.98 Å². The molecule has 0 saturated heterocycles. The fraction of sp³-hybridized carbons (Fsp3) is 0.0385. The van der Waals surface area contributed by atoms with Crippen LogP contribution in [0.1, 0.15) is 16.7 Å². The lowest BCUT2D eigenvalue weighted by Gasteiger charge is -2.13. The Morgan fingerprint density at radius 3 is 1.88 bits per heavy atom. The molecule has 0 unspecified atom stereocenters. The summed E-state index contributed by atoms with van der Waals surface area (Å²) < 4.78 is 14.1. The number of halogens is 2. The fourth-order valence-electron chi connectivity index (χ4n) is 3.11. The van der Waals surface area contributed by atoms with Gasteiger partial charge in [0.1, 0.15) is 0 Å². The van der Waals surface area contributed by atoms with Gasteiger partial charge >= 0.3 is 0 Å². The summed E-state index contributed by atoms with van der Waals surface area (Å²) in [6, 6.07) is 26.9. The summed E-state index contributed by atoms with van der Waals surface area (Å²) in [6.45, 7) is 2.04. The largest absolute Gasteiger partial charge is 0.306 e. The molecule has 3 nitrogen and oxygen atoms in total. The minimum Gasteiger partial charge on any atom is -0.306 e. The Labute approximate surface area is 207 Å². The first-order valence-electron chi connectivity index (χ1n) is 10.2. The second-order valence-corrected chi connectivity index (χ2v) is 11.2. The van der Waals surface area contributed by atoms with E-state index in [0.29, 0.717) is 15.2 Å². The predicted octanol–water partition coefficient (Wildman–Crippen LogP) is 9.28. The first kappa shape index (κ1) is 23.5. The molecule has 0 aliphatic carbocycles. The molecule has 33 heavy (non-hydrogen) atoms. The van der Waals surface area contributed by atoms with Crippen LogP contribution in [0, 0.1) is 6.92 Å². The van der Waals surface area contributed by atoms with E-state index in [0.717, 1.165) is 22.4 Å². The van der Waals surface area contributed by atoms with Gasteiger partial charge in [0.15, 0.2) is 5.13 Å². The van der Waals surface area contributed by atoms with Crippen molar-refractivity contribution in [2.75, 3.05) is 5.09 Å². The monoisotopic (exact) mass is 510 g/mol. The molecule has 0 amide bonds. The topological polar surface area (TPSA) is 42.0 Å². The smallest absolute Gasteiger partial charge is 0.217 e. The van der Waals surface area contributed by atoms with Crippen LogP contribution in [0.25, 0.3) is 21.3 Å². The average Bonchev–Trinajstić information content (AvgIpc) is 3.28. The summed E-state index contributed by atoms with van der Waals surface area (Å²) in [5.74, 6) is 3.06. The van der Waals surface area contributed by atoms with Crippen molar-refractivity contribution in [3.8, 4) is 11.3 Å². The molecule has 0 atom stereocenters. The van der Waals surface area contributed by atoms with Crippen LogP contribution in [0.3, 0.4) is 0 Å². The molecule has 166 valence electrons. The van der Waals surface area contributed by atoms with Crippen LogP contribution < -0.4 is 5.09 Å². The minimum absolute atomic E-state index is 0.371. The number of hydrogen-bond acceptors (Lipinski definition) is 3. The Morgan fingerprint density at radius 1 is 0.848 bits per heavy atom. The van der Waals surface area contributed by atoms with E-state index in [1.165, 1.54) is 28.5 Å². The Kier molecular flexibility index (Phi) is 7.52. The first-order valence-corrected chi connectivity index (χ1v) is 13.7. The van der Waals surface area contributed by atoms with Crippen molar-refractivity contribution in [2.24, 2.45) is 0 Å². The molecule has 0 radical (unpaired) electrons. The Hall–Kier alpha value is -2.62. The zero-order chi connectivity index (χ0) is 23.3. The molecule has 0 aliphatic rings. The lowest BCUT2D eigenvalue weighted by molar-refractivity contribution is 0.589. The number of nitrogens with one attached hydrogen (secondary N) is 1. The number of aromatic nitrogens is 1. The van der Waals surface area contributed by atoms with Gasteiger partial charge in [-0.2, -0.15) is 0 Å². The third kappa shape index (κ3) is 6.25. The standard InChI is InChI=1S/C26H21Cl2N2OPS/c1-19-12-14-22(15-13-19)25-18-33-26(29-25)30-32(31,16-23(27)20-8-4-2-5-9-20)17-24(28)21-10-6-3-7-11-21/h2-18H,1H3,(H,29,30,31)/b23-16+,24-17+. The van der Waals surface area contributed by atoms with Gasteiger partial charge in [0, 0.05) is 22.6 Å². The van der Waals surface area contributed by atoms with Crippen LogP contribution in [0.2, 0.25) is 0 Å². The summed E-state index contributed by atoms with van der Waals surface area (Å²) in [5.41, 5.74) is 4.52. The maximum atomic E-state index is 14.1. The highest BCUT2D eigenvalue weighted by Crippen LogP contribution is 2.54.